The lowest BCUT2D eigenvalue weighted by molar-refractivity contribution is 0.0917. The zero-order valence-electron chi connectivity index (χ0n) is 11.1. The molecule has 1 aromatic heterocycles. The zero-order valence-corrected chi connectivity index (χ0v) is 12.8. The van der Waals surface area contributed by atoms with Gasteiger partial charge in [-0.3, -0.25) is 4.79 Å². The molecule has 1 amide bonds. The highest BCUT2D eigenvalue weighted by molar-refractivity contribution is 7.99. The quantitative estimate of drug-likeness (QED) is 0.784. The van der Waals surface area contributed by atoms with Gasteiger partial charge in [0, 0.05) is 11.4 Å². The number of benzene rings is 1. The number of alkyl halides is 2. The molecule has 0 bridgehead atoms. The van der Waals surface area contributed by atoms with Gasteiger partial charge in [0.15, 0.2) is 0 Å². The van der Waals surface area contributed by atoms with Crippen LogP contribution >= 0.6 is 23.1 Å². The second kappa shape index (κ2) is 7.66. The van der Waals surface area contributed by atoms with Gasteiger partial charge in [0.05, 0.1) is 6.10 Å². The van der Waals surface area contributed by atoms with Crippen LogP contribution < -0.4 is 5.32 Å². The van der Waals surface area contributed by atoms with Crippen molar-refractivity contribution >= 4 is 29.0 Å². The first-order chi connectivity index (χ1) is 10.5. The van der Waals surface area contributed by atoms with E-state index in [0.717, 1.165) is 11.3 Å². The maximum absolute atomic E-state index is 12.8. The molecule has 0 spiro atoms. The van der Waals surface area contributed by atoms with Gasteiger partial charge in [-0.15, -0.1) is 11.3 Å². The van der Waals surface area contributed by atoms with Crippen LogP contribution in [0, 0.1) is 5.82 Å². The average Bonchev–Trinajstić information content (AvgIpc) is 2.92. The third-order valence-electron chi connectivity index (χ3n) is 2.76. The molecule has 0 fully saturated rings. The van der Waals surface area contributed by atoms with Gasteiger partial charge in [-0.2, -0.15) is 8.78 Å². The molecular formula is C14H12F3NO2S2. The molecule has 22 heavy (non-hydrogen) atoms. The zero-order chi connectivity index (χ0) is 16.1. The van der Waals surface area contributed by atoms with Gasteiger partial charge >= 0.3 is 0 Å². The Bertz CT molecular complexity index is 631. The Hall–Kier alpha value is -1.51. The van der Waals surface area contributed by atoms with E-state index in [9.17, 15) is 23.1 Å². The van der Waals surface area contributed by atoms with Crippen molar-refractivity contribution in [2.45, 2.75) is 16.8 Å². The number of thiophene rings is 1. The normalized spacial score (nSPS) is 12.4. The van der Waals surface area contributed by atoms with Crippen molar-refractivity contribution in [1.82, 2.24) is 5.32 Å². The van der Waals surface area contributed by atoms with Crippen LogP contribution in [0.15, 0.2) is 40.6 Å². The van der Waals surface area contributed by atoms with Crippen molar-refractivity contribution in [3.8, 4) is 0 Å². The van der Waals surface area contributed by atoms with Crippen molar-refractivity contribution < 1.29 is 23.1 Å². The predicted molar refractivity (Wildman–Crippen MR) is 79.9 cm³/mol. The molecule has 1 atom stereocenters. The summed E-state index contributed by atoms with van der Waals surface area (Å²) < 4.78 is 37.5. The summed E-state index contributed by atoms with van der Waals surface area (Å²) in [5.41, 5.74) is 0.454. The molecule has 118 valence electrons. The monoisotopic (exact) mass is 347 g/mol. The lowest BCUT2D eigenvalue weighted by Crippen LogP contribution is -2.28. The Morgan fingerprint density at radius 1 is 1.27 bits per heavy atom. The number of aliphatic hydroxyl groups is 1. The van der Waals surface area contributed by atoms with Crippen molar-refractivity contribution in [2.75, 3.05) is 6.54 Å². The van der Waals surface area contributed by atoms with E-state index in [1.54, 1.807) is 5.38 Å². The summed E-state index contributed by atoms with van der Waals surface area (Å²) >= 11 is 1.36. The second-order valence-corrected chi connectivity index (χ2v) is 6.22. The summed E-state index contributed by atoms with van der Waals surface area (Å²) in [6.45, 7) is -0.0961. The molecular weight excluding hydrogens is 335 g/mol. The van der Waals surface area contributed by atoms with Crippen LogP contribution in [0.4, 0.5) is 13.2 Å². The Morgan fingerprint density at radius 2 is 1.95 bits per heavy atom. The maximum atomic E-state index is 12.8. The minimum Gasteiger partial charge on any atom is -0.387 e. The van der Waals surface area contributed by atoms with E-state index >= 15 is 0 Å². The second-order valence-electron chi connectivity index (χ2n) is 4.27. The summed E-state index contributed by atoms with van der Waals surface area (Å²) in [6, 6.07) is 6.69. The average molecular weight is 347 g/mol. The summed E-state index contributed by atoms with van der Waals surface area (Å²) in [4.78, 5) is 12.3. The fraction of sp³-hybridized carbons (Fsp3) is 0.214. The number of aliphatic hydroxyl groups excluding tert-OH is 1. The third kappa shape index (κ3) is 4.49. The molecule has 0 saturated heterocycles. The highest BCUT2D eigenvalue weighted by atomic mass is 32.2. The van der Waals surface area contributed by atoms with Crippen LogP contribution in [-0.2, 0) is 0 Å². The molecule has 2 N–H and O–H groups in total. The summed E-state index contributed by atoms with van der Waals surface area (Å²) in [5, 5.41) is 13.9. The van der Waals surface area contributed by atoms with E-state index in [1.165, 1.54) is 30.3 Å². The number of rotatable bonds is 6. The van der Waals surface area contributed by atoms with E-state index in [2.05, 4.69) is 5.32 Å². The number of hydrogen-bond donors (Lipinski definition) is 2. The molecule has 0 aliphatic heterocycles. The Kier molecular flexibility index (Phi) is 5.87. The molecule has 1 heterocycles. The summed E-state index contributed by atoms with van der Waals surface area (Å²) in [7, 11) is 0. The first-order valence-corrected chi connectivity index (χ1v) is 7.97. The highest BCUT2D eigenvalue weighted by Crippen LogP contribution is 2.31. The minimum absolute atomic E-state index is 0.0961. The van der Waals surface area contributed by atoms with Crippen LogP contribution in [0.3, 0.4) is 0 Å². The number of nitrogens with one attached hydrogen (secondary N) is 1. The van der Waals surface area contributed by atoms with Crippen molar-refractivity contribution in [3.63, 3.8) is 0 Å². The molecule has 0 radical (unpaired) electrons. The molecule has 0 aliphatic carbocycles. The number of halogens is 3. The minimum atomic E-state index is -2.61. The number of carbonyl (C=O) groups excluding carboxylic acids is 1. The predicted octanol–water partition coefficient (Wildman–Crippen LogP) is 3.67. The summed E-state index contributed by atoms with van der Waals surface area (Å²) in [5.74, 6) is -3.56. The fourth-order valence-corrected chi connectivity index (χ4v) is 3.34. The number of thioether (sulfide) groups is 1. The third-order valence-corrected chi connectivity index (χ3v) is 4.58. The first kappa shape index (κ1) is 16.9. The van der Waals surface area contributed by atoms with Crippen LogP contribution in [0.1, 0.15) is 21.3 Å². The van der Waals surface area contributed by atoms with Crippen LogP contribution in [0.5, 0.6) is 0 Å². The number of carbonyl (C=O) groups is 1. The molecule has 2 rings (SSSR count). The van der Waals surface area contributed by atoms with E-state index in [-0.39, 0.29) is 16.3 Å². The van der Waals surface area contributed by atoms with Crippen molar-refractivity contribution in [3.05, 3.63) is 52.0 Å². The molecule has 1 unspecified atom stereocenters. The van der Waals surface area contributed by atoms with E-state index in [1.807, 2.05) is 0 Å². The molecule has 2 aromatic rings. The van der Waals surface area contributed by atoms with Crippen molar-refractivity contribution in [1.29, 1.82) is 0 Å². The van der Waals surface area contributed by atoms with E-state index in [0.29, 0.717) is 17.3 Å². The first-order valence-electron chi connectivity index (χ1n) is 6.21. The topological polar surface area (TPSA) is 49.3 Å². The highest BCUT2D eigenvalue weighted by Gasteiger charge is 2.18. The van der Waals surface area contributed by atoms with E-state index in [4.69, 9.17) is 0 Å². The largest absolute Gasteiger partial charge is 0.387 e. The number of hydrogen-bond acceptors (Lipinski definition) is 4. The molecule has 0 saturated carbocycles. The van der Waals surface area contributed by atoms with Gasteiger partial charge in [0.25, 0.3) is 11.7 Å². The standard InChI is InChI=1S/C14H12F3NO2S2/c15-9-3-1-8(2-4-9)10(19)7-18-13(20)12-11(5-6-21-12)22-14(16)17/h1-6,10,14,19H,7H2,(H,18,20). The van der Waals surface area contributed by atoms with Gasteiger partial charge in [-0.25, -0.2) is 4.39 Å². The summed E-state index contributed by atoms with van der Waals surface area (Å²) in [6.07, 6.45) is -1.00. The maximum Gasteiger partial charge on any atom is 0.288 e. The van der Waals surface area contributed by atoms with Gasteiger partial charge in [-0.05, 0) is 29.1 Å². The SMILES string of the molecule is O=C(NCC(O)c1ccc(F)cc1)c1sccc1SC(F)F. The van der Waals surface area contributed by atoms with Crippen LogP contribution in [0.2, 0.25) is 0 Å². The lowest BCUT2D eigenvalue weighted by atomic mass is 10.1. The smallest absolute Gasteiger partial charge is 0.288 e. The lowest BCUT2D eigenvalue weighted by Gasteiger charge is -2.12. The number of amides is 1. The Balaban J connectivity index is 1.95. The van der Waals surface area contributed by atoms with Crippen LogP contribution in [-0.4, -0.2) is 23.3 Å². The van der Waals surface area contributed by atoms with Gasteiger partial charge in [0.2, 0.25) is 0 Å². The van der Waals surface area contributed by atoms with Gasteiger partial charge < -0.3 is 10.4 Å². The molecule has 3 nitrogen and oxygen atoms in total. The van der Waals surface area contributed by atoms with Crippen molar-refractivity contribution in [2.24, 2.45) is 0 Å². The molecule has 8 heteroatoms. The fourth-order valence-electron chi connectivity index (χ4n) is 1.72. The Morgan fingerprint density at radius 3 is 2.59 bits per heavy atom. The van der Waals surface area contributed by atoms with Gasteiger partial charge in [0.1, 0.15) is 10.7 Å². The Labute approximate surface area is 133 Å². The van der Waals surface area contributed by atoms with Crippen LogP contribution in [0.25, 0.3) is 0 Å². The van der Waals surface area contributed by atoms with E-state index < -0.39 is 23.6 Å². The molecule has 1 aromatic carbocycles. The van der Waals surface area contributed by atoms with Gasteiger partial charge in [-0.1, -0.05) is 23.9 Å². The molecule has 0 aliphatic rings.